The molecule has 1 unspecified atom stereocenters. The minimum atomic E-state index is 0.650. The summed E-state index contributed by atoms with van der Waals surface area (Å²) in [5.41, 5.74) is 1.00. The molecule has 1 aliphatic rings. The van der Waals surface area contributed by atoms with Gasteiger partial charge in [0.1, 0.15) is 11.3 Å². The van der Waals surface area contributed by atoms with E-state index in [4.69, 9.17) is 4.42 Å². The largest absolute Gasteiger partial charge is 0.460 e. The van der Waals surface area contributed by atoms with Crippen LogP contribution < -0.4 is 5.32 Å². The zero-order valence-electron chi connectivity index (χ0n) is 12.3. The summed E-state index contributed by atoms with van der Waals surface area (Å²) in [6.07, 6.45) is 3.77. The standard InChI is InChI=1S/C17H24N2O/c1-2-10-19(15-7-5-9-18-12-15)13-16-11-14-6-3-4-8-17(14)20-16/h3-4,6,8,11,15,18H,2,5,7,9-10,12-13H2,1H3. The third kappa shape index (κ3) is 3.05. The summed E-state index contributed by atoms with van der Waals surface area (Å²) in [5.74, 6) is 1.09. The Bertz CT molecular complexity index is 510. The second-order valence-electron chi connectivity index (χ2n) is 5.72. The number of hydrogen-bond acceptors (Lipinski definition) is 3. The summed E-state index contributed by atoms with van der Waals surface area (Å²) in [6.45, 7) is 6.60. The van der Waals surface area contributed by atoms with E-state index in [1.165, 1.54) is 31.2 Å². The second-order valence-corrected chi connectivity index (χ2v) is 5.72. The van der Waals surface area contributed by atoms with Crippen LogP contribution in [0.5, 0.6) is 0 Å². The Balaban J connectivity index is 1.74. The van der Waals surface area contributed by atoms with Crippen LogP contribution >= 0.6 is 0 Å². The fraction of sp³-hybridized carbons (Fsp3) is 0.529. The smallest absolute Gasteiger partial charge is 0.134 e. The number of para-hydroxylation sites is 1. The zero-order valence-corrected chi connectivity index (χ0v) is 12.3. The lowest BCUT2D eigenvalue weighted by Gasteiger charge is -2.33. The molecule has 1 saturated heterocycles. The van der Waals surface area contributed by atoms with Crippen molar-refractivity contribution < 1.29 is 4.42 Å². The van der Waals surface area contributed by atoms with Crippen molar-refractivity contribution in [1.29, 1.82) is 0 Å². The molecule has 0 spiro atoms. The molecule has 1 fully saturated rings. The third-order valence-electron chi connectivity index (χ3n) is 4.13. The zero-order chi connectivity index (χ0) is 13.8. The van der Waals surface area contributed by atoms with Gasteiger partial charge in [0, 0.05) is 18.0 Å². The van der Waals surface area contributed by atoms with Crippen molar-refractivity contribution in [3.8, 4) is 0 Å². The lowest BCUT2D eigenvalue weighted by atomic mass is 10.1. The number of benzene rings is 1. The van der Waals surface area contributed by atoms with E-state index in [0.717, 1.165) is 31.0 Å². The van der Waals surface area contributed by atoms with E-state index in [2.05, 4.69) is 35.3 Å². The molecule has 20 heavy (non-hydrogen) atoms. The van der Waals surface area contributed by atoms with Gasteiger partial charge in [-0.2, -0.15) is 0 Å². The van der Waals surface area contributed by atoms with Gasteiger partial charge < -0.3 is 9.73 Å². The molecule has 2 aromatic rings. The molecular formula is C17H24N2O. The summed E-state index contributed by atoms with van der Waals surface area (Å²) >= 11 is 0. The minimum Gasteiger partial charge on any atom is -0.460 e. The Labute approximate surface area is 120 Å². The predicted octanol–water partition coefficient (Wildman–Crippen LogP) is 3.40. The van der Waals surface area contributed by atoms with Gasteiger partial charge in [0.05, 0.1) is 6.54 Å². The van der Waals surface area contributed by atoms with Crippen LogP contribution in [0.25, 0.3) is 11.0 Å². The number of nitrogens with one attached hydrogen (secondary N) is 1. The molecule has 3 rings (SSSR count). The fourth-order valence-electron chi connectivity index (χ4n) is 3.14. The molecule has 1 atom stereocenters. The highest BCUT2D eigenvalue weighted by atomic mass is 16.3. The summed E-state index contributed by atoms with van der Waals surface area (Å²) in [6, 6.07) is 11.1. The molecule has 108 valence electrons. The van der Waals surface area contributed by atoms with E-state index in [9.17, 15) is 0 Å². The van der Waals surface area contributed by atoms with Crippen molar-refractivity contribution in [1.82, 2.24) is 10.2 Å². The third-order valence-corrected chi connectivity index (χ3v) is 4.13. The first-order valence-corrected chi connectivity index (χ1v) is 7.79. The fourth-order valence-corrected chi connectivity index (χ4v) is 3.14. The molecule has 0 amide bonds. The Morgan fingerprint density at radius 1 is 1.35 bits per heavy atom. The van der Waals surface area contributed by atoms with E-state index in [1.54, 1.807) is 0 Å². The molecule has 3 nitrogen and oxygen atoms in total. The molecule has 0 saturated carbocycles. The summed E-state index contributed by atoms with van der Waals surface area (Å²) in [4.78, 5) is 2.57. The monoisotopic (exact) mass is 272 g/mol. The SMILES string of the molecule is CCCN(Cc1cc2ccccc2o1)C1CCCNC1. The minimum absolute atomic E-state index is 0.650. The Kier molecular flexibility index (Phi) is 4.38. The summed E-state index contributed by atoms with van der Waals surface area (Å²) in [5, 5.41) is 4.72. The van der Waals surface area contributed by atoms with Gasteiger partial charge in [-0.1, -0.05) is 25.1 Å². The Hall–Kier alpha value is -1.32. The van der Waals surface area contributed by atoms with Gasteiger partial charge >= 0.3 is 0 Å². The number of rotatable bonds is 5. The van der Waals surface area contributed by atoms with Gasteiger partial charge in [-0.15, -0.1) is 0 Å². The van der Waals surface area contributed by atoms with Gasteiger partial charge in [-0.05, 0) is 44.5 Å². The van der Waals surface area contributed by atoms with Crippen LogP contribution in [0.1, 0.15) is 31.9 Å². The molecule has 0 radical (unpaired) electrons. The highest BCUT2D eigenvalue weighted by Crippen LogP contribution is 2.22. The van der Waals surface area contributed by atoms with Crippen molar-refractivity contribution in [3.05, 3.63) is 36.1 Å². The predicted molar refractivity (Wildman–Crippen MR) is 82.8 cm³/mol. The van der Waals surface area contributed by atoms with E-state index in [0.29, 0.717) is 6.04 Å². The van der Waals surface area contributed by atoms with Crippen LogP contribution in [0.4, 0.5) is 0 Å². The van der Waals surface area contributed by atoms with Crippen molar-refractivity contribution in [2.24, 2.45) is 0 Å². The summed E-state index contributed by atoms with van der Waals surface area (Å²) in [7, 11) is 0. The van der Waals surface area contributed by atoms with Crippen molar-refractivity contribution in [2.75, 3.05) is 19.6 Å². The molecule has 1 aromatic carbocycles. The van der Waals surface area contributed by atoms with Crippen molar-refractivity contribution in [2.45, 2.75) is 38.8 Å². The van der Waals surface area contributed by atoms with Gasteiger partial charge in [-0.3, -0.25) is 4.90 Å². The molecule has 1 N–H and O–H groups in total. The quantitative estimate of drug-likeness (QED) is 0.904. The first kappa shape index (κ1) is 13.7. The molecule has 1 aliphatic heterocycles. The Morgan fingerprint density at radius 2 is 2.25 bits per heavy atom. The number of fused-ring (bicyclic) bond motifs is 1. The molecule has 3 heteroatoms. The van der Waals surface area contributed by atoms with Gasteiger partial charge in [0.15, 0.2) is 0 Å². The van der Waals surface area contributed by atoms with Crippen LogP contribution in [0.15, 0.2) is 34.7 Å². The van der Waals surface area contributed by atoms with Crippen molar-refractivity contribution >= 4 is 11.0 Å². The number of piperidine rings is 1. The Morgan fingerprint density at radius 3 is 3.00 bits per heavy atom. The topological polar surface area (TPSA) is 28.4 Å². The first-order chi connectivity index (χ1) is 9.86. The maximum Gasteiger partial charge on any atom is 0.134 e. The van der Waals surface area contributed by atoms with Crippen LogP contribution in [0, 0.1) is 0 Å². The molecule has 0 bridgehead atoms. The second kappa shape index (κ2) is 6.42. The van der Waals surface area contributed by atoms with Crippen LogP contribution in [-0.4, -0.2) is 30.6 Å². The number of hydrogen-bond donors (Lipinski definition) is 1. The first-order valence-electron chi connectivity index (χ1n) is 7.79. The molecule has 2 heterocycles. The lowest BCUT2D eigenvalue weighted by molar-refractivity contribution is 0.148. The van der Waals surface area contributed by atoms with E-state index >= 15 is 0 Å². The average molecular weight is 272 g/mol. The molecule has 0 aliphatic carbocycles. The highest BCUT2D eigenvalue weighted by Gasteiger charge is 2.21. The van der Waals surface area contributed by atoms with E-state index in [-0.39, 0.29) is 0 Å². The number of nitrogens with zero attached hydrogens (tertiary/aromatic N) is 1. The van der Waals surface area contributed by atoms with Gasteiger partial charge in [0.2, 0.25) is 0 Å². The van der Waals surface area contributed by atoms with E-state index in [1.807, 2.05) is 12.1 Å². The molecule has 1 aromatic heterocycles. The lowest BCUT2D eigenvalue weighted by Crippen LogP contribution is -2.45. The average Bonchev–Trinajstić information content (AvgIpc) is 2.90. The van der Waals surface area contributed by atoms with Crippen molar-refractivity contribution in [3.63, 3.8) is 0 Å². The van der Waals surface area contributed by atoms with E-state index < -0.39 is 0 Å². The number of furan rings is 1. The summed E-state index contributed by atoms with van der Waals surface area (Å²) < 4.78 is 5.97. The maximum absolute atomic E-state index is 5.97. The molecular weight excluding hydrogens is 248 g/mol. The normalized spacial score (nSPS) is 19.8. The van der Waals surface area contributed by atoms with Crippen LogP contribution in [-0.2, 0) is 6.54 Å². The van der Waals surface area contributed by atoms with Crippen LogP contribution in [0.2, 0.25) is 0 Å². The maximum atomic E-state index is 5.97. The highest BCUT2D eigenvalue weighted by molar-refractivity contribution is 5.77. The van der Waals surface area contributed by atoms with Gasteiger partial charge in [-0.25, -0.2) is 0 Å². The van der Waals surface area contributed by atoms with Gasteiger partial charge in [0.25, 0.3) is 0 Å². The van der Waals surface area contributed by atoms with Crippen LogP contribution in [0.3, 0.4) is 0 Å².